The summed E-state index contributed by atoms with van der Waals surface area (Å²) >= 11 is 5.71. The molecule has 0 saturated heterocycles. The van der Waals surface area contributed by atoms with Crippen molar-refractivity contribution in [3.63, 3.8) is 0 Å². The first kappa shape index (κ1) is 12.7. The van der Waals surface area contributed by atoms with E-state index in [9.17, 15) is 4.79 Å². The first-order valence-corrected chi connectivity index (χ1v) is 4.53. The number of nitriles is 1. The minimum absolute atomic E-state index is 0.0417. The van der Waals surface area contributed by atoms with Crippen LogP contribution in [0.15, 0.2) is 24.3 Å². The monoisotopic (exact) mass is 209 g/mol. The van der Waals surface area contributed by atoms with Gasteiger partial charge in [-0.3, -0.25) is 4.79 Å². The summed E-state index contributed by atoms with van der Waals surface area (Å²) in [7, 11) is 0. The second-order valence-electron chi connectivity index (χ2n) is 2.79. The van der Waals surface area contributed by atoms with Gasteiger partial charge in [0.05, 0.1) is 12.5 Å². The summed E-state index contributed by atoms with van der Waals surface area (Å²) in [5, 5.41) is 8.61. The first-order valence-electron chi connectivity index (χ1n) is 4.15. The molecule has 0 bridgehead atoms. The SMILES string of the molecule is CC(=O)CC#N.Cc1ccccc1Cl. The first-order chi connectivity index (χ1) is 6.57. The van der Waals surface area contributed by atoms with E-state index < -0.39 is 0 Å². The van der Waals surface area contributed by atoms with Gasteiger partial charge in [-0.1, -0.05) is 29.8 Å². The van der Waals surface area contributed by atoms with E-state index in [0.717, 1.165) is 10.6 Å². The van der Waals surface area contributed by atoms with E-state index in [0.29, 0.717) is 0 Å². The number of nitrogens with zero attached hydrogens (tertiary/aromatic N) is 1. The number of hydrogen-bond acceptors (Lipinski definition) is 2. The lowest BCUT2D eigenvalue weighted by Crippen LogP contribution is -1.82. The molecule has 0 aliphatic carbocycles. The fourth-order valence-corrected chi connectivity index (χ4v) is 0.798. The zero-order valence-electron chi connectivity index (χ0n) is 8.25. The van der Waals surface area contributed by atoms with Crippen molar-refractivity contribution in [3.8, 4) is 6.07 Å². The Kier molecular flexibility index (Phi) is 6.43. The molecule has 74 valence electrons. The van der Waals surface area contributed by atoms with Gasteiger partial charge < -0.3 is 0 Å². The van der Waals surface area contributed by atoms with Gasteiger partial charge in [0.1, 0.15) is 5.78 Å². The van der Waals surface area contributed by atoms with Crippen molar-refractivity contribution in [3.05, 3.63) is 34.9 Å². The molecule has 1 rings (SSSR count). The topological polar surface area (TPSA) is 40.9 Å². The molecule has 14 heavy (non-hydrogen) atoms. The number of carbonyl (C=O) groups is 1. The molecule has 0 N–H and O–H groups in total. The number of carbonyl (C=O) groups excluding carboxylic acids is 1. The Morgan fingerprint density at radius 2 is 2.07 bits per heavy atom. The molecule has 1 aromatic rings. The zero-order chi connectivity index (χ0) is 11.0. The third-order valence-corrected chi connectivity index (χ3v) is 1.83. The van der Waals surface area contributed by atoms with E-state index in [1.165, 1.54) is 6.92 Å². The minimum Gasteiger partial charge on any atom is -0.299 e. The molecule has 0 unspecified atom stereocenters. The average Bonchev–Trinajstić information content (AvgIpc) is 2.11. The molecule has 0 spiro atoms. The molecule has 0 fully saturated rings. The fourth-order valence-electron chi connectivity index (χ4n) is 0.662. The maximum atomic E-state index is 9.82. The molecule has 0 heterocycles. The molecule has 3 heteroatoms. The maximum Gasteiger partial charge on any atom is 0.143 e. The number of ketones is 1. The Bertz CT molecular complexity index is 320. The molecule has 2 nitrogen and oxygen atoms in total. The second-order valence-corrected chi connectivity index (χ2v) is 3.19. The Morgan fingerprint density at radius 1 is 1.50 bits per heavy atom. The van der Waals surface area contributed by atoms with Crippen LogP contribution in [0.25, 0.3) is 0 Å². The standard InChI is InChI=1S/C7H7Cl.C4H5NO/c1-6-4-2-3-5-7(6)8;1-4(6)2-3-5/h2-5H,1H3;2H2,1H3. The van der Waals surface area contributed by atoms with Gasteiger partial charge in [0, 0.05) is 5.02 Å². The van der Waals surface area contributed by atoms with Gasteiger partial charge in [-0.25, -0.2) is 0 Å². The highest BCUT2D eigenvalue weighted by atomic mass is 35.5. The summed E-state index contributed by atoms with van der Waals surface area (Å²) in [6.07, 6.45) is 0.0417. The Morgan fingerprint density at radius 3 is 2.29 bits per heavy atom. The fraction of sp³-hybridized carbons (Fsp3) is 0.273. The molecular formula is C11H12ClNO. The molecular weight excluding hydrogens is 198 g/mol. The van der Waals surface area contributed by atoms with Crippen LogP contribution in [0.4, 0.5) is 0 Å². The normalized spacial score (nSPS) is 8.14. The summed E-state index contributed by atoms with van der Waals surface area (Å²) in [6.45, 7) is 3.38. The van der Waals surface area contributed by atoms with Crippen LogP contribution in [-0.4, -0.2) is 5.78 Å². The van der Waals surface area contributed by atoms with Crippen molar-refractivity contribution in [1.29, 1.82) is 5.26 Å². The highest BCUT2D eigenvalue weighted by Crippen LogP contribution is 2.11. The van der Waals surface area contributed by atoms with Crippen molar-refractivity contribution in [2.75, 3.05) is 0 Å². The highest BCUT2D eigenvalue weighted by Gasteiger charge is 1.86. The van der Waals surface area contributed by atoms with Gasteiger partial charge in [-0.15, -0.1) is 0 Å². The molecule has 0 saturated carbocycles. The largest absolute Gasteiger partial charge is 0.299 e. The van der Waals surface area contributed by atoms with Crippen LogP contribution in [0.5, 0.6) is 0 Å². The van der Waals surface area contributed by atoms with Crippen LogP contribution in [-0.2, 0) is 4.79 Å². The van der Waals surface area contributed by atoms with Gasteiger partial charge in [-0.05, 0) is 25.5 Å². The molecule has 0 aliphatic rings. The number of hydrogen-bond donors (Lipinski definition) is 0. The van der Waals surface area contributed by atoms with Gasteiger partial charge in [-0.2, -0.15) is 5.26 Å². The van der Waals surface area contributed by atoms with Crippen molar-refractivity contribution in [1.82, 2.24) is 0 Å². The van der Waals surface area contributed by atoms with Gasteiger partial charge in [0.2, 0.25) is 0 Å². The van der Waals surface area contributed by atoms with Crippen LogP contribution in [0.2, 0.25) is 5.02 Å². The number of rotatable bonds is 1. The van der Waals surface area contributed by atoms with Crippen molar-refractivity contribution in [2.45, 2.75) is 20.3 Å². The molecule has 0 aromatic heterocycles. The van der Waals surface area contributed by atoms with Gasteiger partial charge in [0.15, 0.2) is 0 Å². The van der Waals surface area contributed by atoms with E-state index >= 15 is 0 Å². The maximum absolute atomic E-state index is 9.82. The summed E-state index contributed by atoms with van der Waals surface area (Å²) in [5.74, 6) is -0.0718. The van der Waals surface area contributed by atoms with Crippen molar-refractivity contribution < 1.29 is 4.79 Å². The molecule has 0 amide bonds. The zero-order valence-corrected chi connectivity index (χ0v) is 9.01. The van der Waals surface area contributed by atoms with Gasteiger partial charge in [0.25, 0.3) is 0 Å². The summed E-state index contributed by atoms with van der Waals surface area (Å²) < 4.78 is 0. The second kappa shape index (κ2) is 7.11. The lowest BCUT2D eigenvalue weighted by molar-refractivity contribution is -0.116. The Hall–Kier alpha value is -1.33. The van der Waals surface area contributed by atoms with Crippen LogP contribution in [0, 0.1) is 18.3 Å². The van der Waals surface area contributed by atoms with Crippen LogP contribution in [0.1, 0.15) is 18.9 Å². The van der Waals surface area contributed by atoms with Crippen LogP contribution in [0.3, 0.4) is 0 Å². The van der Waals surface area contributed by atoms with Gasteiger partial charge >= 0.3 is 0 Å². The van der Waals surface area contributed by atoms with Crippen molar-refractivity contribution in [2.24, 2.45) is 0 Å². The molecule has 0 atom stereocenters. The number of Topliss-reactive ketones (excluding diaryl/α,β-unsaturated/α-hetero) is 1. The Balaban J connectivity index is 0.000000255. The molecule has 1 aromatic carbocycles. The average molecular weight is 210 g/mol. The van der Waals surface area contributed by atoms with Crippen LogP contribution < -0.4 is 0 Å². The molecule has 0 aliphatic heterocycles. The number of aryl methyl sites for hydroxylation is 1. The van der Waals surface area contributed by atoms with E-state index in [4.69, 9.17) is 16.9 Å². The Labute approximate surface area is 89.1 Å². The van der Waals surface area contributed by atoms with E-state index in [-0.39, 0.29) is 12.2 Å². The smallest absolute Gasteiger partial charge is 0.143 e. The van der Waals surface area contributed by atoms with Crippen LogP contribution >= 0.6 is 11.6 Å². The highest BCUT2D eigenvalue weighted by molar-refractivity contribution is 6.31. The van der Waals surface area contributed by atoms with E-state index in [1.807, 2.05) is 31.2 Å². The summed E-state index contributed by atoms with van der Waals surface area (Å²) in [6, 6.07) is 9.49. The predicted octanol–water partition coefficient (Wildman–Crippen LogP) is 3.14. The number of benzene rings is 1. The number of halogens is 1. The quantitative estimate of drug-likeness (QED) is 0.713. The minimum atomic E-state index is -0.0718. The van der Waals surface area contributed by atoms with E-state index in [1.54, 1.807) is 6.07 Å². The summed E-state index contributed by atoms with van der Waals surface area (Å²) in [4.78, 5) is 9.82. The predicted molar refractivity (Wildman–Crippen MR) is 57.1 cm³/mol. The molecule has 0 radical (unpaired) electrons. The summed E-state index contributed by atoms with van der Waals surface area (Å²) in [5.41, 5.74) is 1.13. The lowest BCUT2D eigenvalue weighted by atomic mass is 10.2. The van der Waals surface area contributed by atoms with E-state index in [2.05, 4.69) is 0 Å². The van der Waals surface area contributed by atoms with Crippen molar-refractivity contribution >= 4 is 17.4 Å². The third kappa shape index (κ3) is 6.22. The lowest BCUT2D eigenvalue weighted by Gasteiger charge is -1.90. The third-order valence-electron chi connectivity index (χ3n) is 1.40.